The molecule has 154 valence electrons. The minimum Gasteiger partial charge on any atom is -0.394 e. The number of aliphatic hydroxyl groups excluding tert-OH is 1. The minimum absolute atomic E-state index is 0.0112. The second kappa shape index (κ2) is 8.31. The van der Waals surface area contributed by atoms with Gasteiger partial charge in [0.15, 0.2) is 0 Å². The Balaban J connectivity index is 2.13. The first-order valence-electron chi connectivity index (χ1n) is 8.26. The molecule has 6 nitrogen and oxygen atoms in total. The van der Waals surface area contributed by atoms with Gasteiger partial charge in [-0.05, 0) is 24.6 Å². The van der Waals surface area contributed by atoms with E-state index in [2.05, 4.69) is 10.3 Å². The molecule has 3 N–H and O–H groups in total. The Bertz CT molecular complexity index is 1050. The van der Waals surface area contributed by atoms with E-state index < -0.39 is 23.5 Å². The first-order chi connectivity index (χ1) is 13.7. The molecule has 0 bridgehead atoms. The maximum absolute atomic E-state index is 14.3. The molecule has 0 saturated heterocycles. The molecule has 3 aromatic rings. The highest BCUT2D eigenvalue weighted by Gasteiger charge is 2.35. The van der Waals surface area contributed by atoms with Crippen LogP contribution in [-0.4, -0.2) is 29.2 Å². The van der Waals surface area contributed by atoms with Gasteiger partial charge >= 0.3 is 6.18 Å². The predicted molar refractivity (Wildman–Crippen MR) is 99.5 cm³/mol. The quantitative estimate of drug-likeness (QED) is 0.311. The fraction of sp³-hybridized carbons (Fsp3) is 0.222. The molecule has 0 unspecified atom stereocenters. The number of nitrogens with zero attached hydrogens (tertiary/aromatic N) is 1. The van der Waals surface area contributed by atoms with Crippen LogP contribution in [0, 0.1) is 12.7 Å². The fourth-order valence-corrected chi connectivity index (χ4v) is 3.71. The number of benzene rings is 1. The molecule has 3 rings (SSSR count). The third-order valence-corrected chi connectivity index (χ3v) is 5.09. The first-order valence-corrected chi connectivity index (χ1v) is 9.08. The second-order valence-corrected chi connectivity index (χ2v) is 7.00. The van der Waals surface area contributed by atoms with E-state index in [9.17, 15) is 22.4 Å². The molecule has 0 spiro atoms. The number of amides is 1. The van der Waals surface area contributed by atoms with Crippen LogP contribution in [0.4, 0.5) is 28.9 Å². The number of hydroxylamine groups is 1. The van der Waals surface area contributed by atoms with Gasteiger partial charge < -0.3 is 10.4 Å². The van der Waals surface area contributed by atoms with Crippen LogP contribution in [0.5, 0.6) is 0 Å². The normalized spacial score (nSPS) is 11.7. The summed E-state index contributed by atoms with van der Waals surface area (Å²) in [6.45, 7) is 1.11. The number of aromatic nitrogens is 1. The van der Waals surface area contributed by atoms with Crippen molar-refractivity contribution in [1.82, 2.24) is 10.5 Å². The Morgan fingerprint density at radius 3 is 2.72 bits per heavy atom. The summed E-state index contributed by atoms with van der Waals surface area (Å²) >= 11 is 0.572. The standard InChI is InChI=1S/C18H15F4N3O3S/c1-9-2-3-13(12(19)6-9)24-14-10-7-23-8-11(18(20,21)22)15(10)29-16(14)17(27)25-28-5-4-26/h2-3,6-8,24,26H,4-5H2,1H3,(H,25,27). The van der Waals surface area contributed by atoms with Gasteiger partial charge in [0.2, 0.25) is 0 Å². The van der Waals surface area contributed by atoms with Crippen molar-refractivity contribution >= 4 is 38.7 Å². The molecule has 1 amide bonds. The van der Waals surface area contributed by atoms with Gasteiger partial charge in [0.1, 0.15) is 10.7 Å². The lowest BCUT2D eigenvalue weighted by Crippen LogP contribution is -2.24. The van der Waals surface area contributed by atoms with Crippen LogP contribution < -0.4 is 10.8 Å². The number of pyridine rings is 1. The maximum atomic E-state index is 14.3. The molecule has 0 saturated carbocycles. The molecule has 2 heterocycles. The van der Waals surface area contributed by atoms with Crippen molar-refractivity contribution in [3.05, 3.63) is 52.4 Å². The minimum atomic E-state index is -4.69. The summed E-state index contributed by atoms with van der Waals surface area (Å²) < 4.78 is 54.2. The molecule has 29 heavy (non-hydrogen) atoms. The van der Waals surface area contributed by atoms with E-state index in [1.54, 1.807) is 13.0 Å². The van der Waals surface area contributed by atoms with E-state index in [0.29, 0.717) is 23.1 Å². The number of fused-ring (bicyclic) bond motifs is 1. The summed E-state index contributed by atoms with van der Waals surface area (Å²) in [7, 11) is 0. The van der Waals surface area contributed by atoms with Crippen LogP contribution in [0.2, 0.25) is 0 Å². The third kappa shape index (κ3) is 4.47. The van der Waals surface area contributed by atoms with Crippen molar-refractivity contribution in [3.8, 4) is 0 Å². The van der Waals surface area contributed by atoms with Gasteiger partial charge in [0, 0.05) is 17.8 Å². The van der Waals surface area contributed by atoms with Crippen molar-refractivity contribution in [3.63, 3.8) is 0 Å². The summed E-state index contributed by atoms with van der Waals surface area (Å²) in [5, 5.41) is 11.4. The zero-order chi connectivity index (χ0) is 21.2. The second-order valence-electron chi connectivity index (χ2n) is 5.98. The number of thiophene rings is 1. The molecular formula is C18H15F4N3O3S. The highest BCUT2D eigenvalue weighted by Crippen LogP contribution is 2.43. The zero-order valence-corrected chi connectivity index (χ0v) is 15.7. The van der Waals surface area contributed by atoms with E-state index >= 15 is 0 Å². The number of rotatable bonds is 6. The van der Waals surface area contributed by atoms with Gasteiger partial charge in [-0.2, -0.15) is 13.2 Å². The Labute approximate surface area is 166 Å². The first kappa shape index (κ1) is 21.0. The number of anilines is 2. The van der Waals surface area contributed by atoms with E-state index in [1.165, 1.54) is 18.3 Å². The van der Waals surface area contributed by atoms with Crippen molar-refractivity contribution in [2.75, 3.05) is 18.5 Å². The molecule has 0 aliphatic carbocycles. The van der Waals surface area contributed by atoms with Crippen LogP contribution in [0.3, 0.4) is 0 Å². The van der Waals surface area contributed by atoms with Crippen LogP contribution in [0.25, 0.3) is 10.1 Å². The Morgan fingerprint density at radius 1 is 1.31 bits per heavy atom. The number of nitrogens with one attached hydrogen (secondary N) is 2. The highest BCUT2D eigenvalue weighted by molar-refractivity contribution is 7.21. The number of hydrogen-bond donors (Lipinski definition) is 3. The SMILES string of the molecule is Cc1ccc(Nc2c(C(=O)NOCCO)sc3c(C(F)(F)F)cncc23)c(F)c1. The number of carbonyl (C=O) groups excluding carboxylic acids is 1. The molecule has 2 aromatic heterocycles. The van der Waals surface area contributed by atoms with Gasteiger partial charge in [0.25, 0.3) is 5.91 Å². The average molecular weight is 429 g/mol. The number of aryl methyl sites for hydroxylation is 1. The number of aliphatic hydroxyl groups is 1. The highest BCUT2D eigenvalue weighted by atomic mass is 32.1. The van der Waals surface area contributed by atoms with Crippen LogP contribution in [-0.2, 0) is 11.0 Å². The predicted octanol–water partition coefficient (Wildman–Crippen LogP) is 4.16. The summed E-state index contributed by atoms with van der Waals surface area (Å²) in [4.78, 5) is 20.7. The summed E-state index contributed by atoms with van der Waals surface area (Å²) in [5.74, 6) is -1.48. The Kier molecular flexibility index (Phi) is 6.01. The number of alkyl halides is 3. The van der Waals surface area contributed by atoms with Gasteiger partial charge in [-0.25, -0.2) is 9.87 Å². The summed E-state index contributed by atoms with van der Waals surface area (Å²) in [5.41, 5.74) is 1.64. The average Bonchev–Trinajstić information content (AvgIpc) is 3.02. The van der Waals surface area contributed by atoms with Crippen LogP contribution in [0.15, 0.2) is 30.6 Å². The summed E-state index contributed by atoms with van der Waals surface area (Å²) in [6, 6.07) is 4.28. The lowest BCUT2D eigenvalue weighted by molar-refractivity contribution is -0.136. The molecular weight excluding hydrogens is 414 g/mol. The molecule has 0 radical (unpaired) electrons. The fourth-order valence-electron chi connectivity index (χ4n) is 2.56. The van der Waals surface area contributed by atoms with E-state index in [4.69, 9.17) is 9.94 Å². The monoisotopic (exact) mass is 429 g/mol. The smallest absolute Gasteiger partial charge is 0.394 e. The number of carbonyl (C=O) groups is 1. The number of halogens is 4. The lowest BCUT2D eigenvalue weighted by Gasteiger charge is -2.11. The van der Waals surface area contributed by atoms with E-state index in [-0.39, 0.29) is 39.6 Å². The van der Waals surface area contributed by atoms with Crippen molar-refractivity contribution in [2.24, 2.45) is 0 Å². The van der Waals surface area contributed by atoms with E-state index in [0.717, 1.165) is 0 Å². The molecule has 11 heteroatoms. The van der Waals surface area contributed by atoms with E-state index in [1.807, 2.05) is 5.48 Å². The molecule has 0 aliphatic rings. The number of hydrogen-bond acceptors (Lipinski definition) is 6. The Morgan fingerprint density at radius 2 is 2.07 bits per heavy atom. The topological polar surface area (TPSA) is 83.5 Å². The lowest BCUT2D eigenvalue weighted by atomic mass is 10.1. The van der Waals surface area contributed by atoms with Gasteiger partial charge in [-0.1, -0.05) is 6.07 Å². The van der Waals surface area contributed by atoms with Crippen molar-refractivity contribution in [1.29, 1.82) is 0 Å². The van der Waals surface area contributed by atoms with Crippen LogP contribution >= 0.6 is 11.3 Å². The van der Waals surface area contributed by atoms with Crippen molar-refractivity contribution in [2.45, 2.75) is 13.1 Å². The van der Waals surface area contributed by atoms with Crippen LogP contribution in [0.1, 0.15) is 20.8 Å². The van der Waals surface area contributed by atoms with Gasteiger partial charge in [-0.3, -0.25) is 14.6 Å². The third-order valence-electron chi connectivity index (χ3n) is 3.85. The van der Waals surface area contributed by atoms with Gasteiger partial charge in [-0.15, -0.1) is 11.3 Å². The van der Waals surface area contributed by atoms with Crippen molar-refractivity contribution < 1.29 is 32.3 Å². The molecule has 1 aromatic carbocycles. The maximum Gasteiger partial charge on any atom is 0.419 e. The molecule has 0 aliphatic heterocycles. The molecule has 0 fully saturated rings. The van der Waals surface area contributed by atoms with Gasteiger partial charge in [0.05, 0.1) is 34.9 Å². The largest absolute Gasteiger partial charge is 0.419 e. The zero-order valence-electron chi connectivity index (χ0n) is 14.9. The Hall–Kier alpha value is -2.76. The molecule has 0 atom stereocenters. The summed E-state index contributed by atoms with van der Waals surface area (Å²) in [6.07, 6.45) is -2.86.